The average molecular weight is 553 g/mol. The molecule has 2 atom stereocenters. The Kier molecular flexibility index (Phi) is 8.06. The Bertz CT molecular complexity index is 1540. The molecular weight excluding hydrogens is 516 g/mol. The van der Waals surface area contributed by atoms with Gasteiger partial charge in [0, 0.05) is 33.8 Å². The fourth-order valence-corrected chi connectivity index (χ4v) is 6.03. The van der Waals surface area contributed by atoms with Crippen molar-refractivity contribution in [1.29, 1.82) is 0 Å². The van der Waals surface area contributed by atoms with E-state index in [9.17, 15) is 14.8 Å². The number of hydroxylamine groups is 1. The second-order valence-corrected chi connectivity index (χ2v) is 11.5. The molecule has 2 amide bonds. The number of aromatic nitrogens is 1. The molecule has 5 rings (SSSR count). The smallest absolute Gasteiger partial charge is 0.251 e. The number of hydrogen-bond donors (Lipinski definition) is 4. The van der Waals surface area contributed by atoms with Gasteiger partial charge in [-0.3, -0.25) is 19.8 Å². The number of nitrogens with one attached hydrogen (secondary N) is 3. The standard InChI is InChI=1S/C33H36N4O4/c1-22-17-25(27-11-7-8-12-28(27)34-22)20-41-26-15-13-24(14-16-26)31(39)36-33(19-30(38)37-40)21-32(2,3)35-29(33)18-23-9-5-4-6-10-23/h4-17,29,35,40H,18-21H2,1-3H3,(H,36,39)(H,37,38). The maximum absolute atomic E-state index is 13.6. The third kappa shape index (κ3) is 6.56. The van der Waals surface area contributed by atoms with Crippen LogP contribution in [0.1, 0.15) is 53.9 Å². The van der Waals surface area contributed by atoms with E-state index in [1.165, 1.54) is 0 Å². The van der Waals surface area contributed by atoms with Crippen LogP contribution in [0.2, 0.25) is 0 Å². The highest BCUT2D eigenvalue weighted by Gasteiger charge is 2.52. The summed E-state index contributed by atoms with van der Waals surface area (Å²) in [6.45, 7) is 6.44. The van der Waals surface area contributed by atoms with Gasteiger partial charge in [0.1, 0.15) is 12.4 Å². The summed E-state index contributed by atoms with van der Waals surface area (Å²) in [4.78, 5) is 30.6. The highest BCUT2D eigenvalue weighted by atomic mass is 16.5. The molecule has 0 saturated carbocycles. The zero-order valence-corrected chi connectivity index (χ0v) is 23.6. The quantitative estimate of drug-likeness (QED) is 0.174. The van der Waals surface area contributed by atoms with E-state index in [0.29, 0.717) is 30.8 Å². The molecule has 4 N–H and O–H groups in total. The molecule has 1 aromatic heterocycles. The van der Waals surface area contributed by atoms with Crippen molar-refractivity contribution in [1.82, 2.24) is 21.1 Å². The summed E-state index contributed by atoms with van der Waals surface area (Å²) in [5, 5.41) is 17.2. The Morgan fingerprint density at radius 1 is 1.02 bits per heavy atom. The summed E-state index contributed by atoms with van der Waals surface area (Å²) in [7, 11) is 0. The van der Waals surface area contributed by atoms with Crippen molar-refractivity contribution in [2.45, 2.75) is 63.8 Å². The molecule has 1 fully saturated rings. The number of ether oxygens (including phenoxy) is 1. The molecule has 0 bridgehead atoms. The first-order chi connectivity index (χ1) is 19.7. The van der Waals surface area contributed by atoms with Crippen LogP contribution in [-0.4, -0.2) is 39.1 Å². The summed E-state index contributed by atoms with van der Waals surface area (Å²) < 4.78 is 6.07. The minimum Gasteiger partial charge on any atom is -0.489 e. The predicted octanol–water partition coefficient (Wildman–Crippen LogP) is 4.87. The van der Waals surface area contributed by atoms with Gasteiger partial charge in [0.2, 0.25) is 5.91 Å². The van der Waals surface area contributed by atoms with Crippen molar-refractivity contribution in [2.75, 3.05) is 0 Å². The molecule has 3 aromatic carbocycles. The van der Waals surface area contributed by atoms with Gasteiger partial charge >= 0.3 is 0 Å². The molecule has 2 heterocycles. The van der Waals surface area contributed by atoms with Crippen LogP contribution in [0, 0.1) is 6.92 Å². The summed E-state index contributed by atoms with van der Waals surface area (Å²) in [6, 6.07) is 26.7. The van der Waals surface area contributed by atoms with E-state index >= 15 is 0 Å². The third-order valence-electron chi connectivity index (χ3n) is 7.68. The molecule has 0 aliphatic carbocycles. The topological polar surface area (TPSA) is 113 Å². The molecule has 0 radical (unpaired) electrons. The normalized spacial score (nSPS) is 19.6. The van der Waals surface area contributed by atoms with Crippen LogP contribution in [-0.2, 0) is 17.8 Å². The van der Waals surface area contributed by atoms with Gasteiger partial charge in [0.05, 0.1) is 17.5 Å². The van der Waals surface area contributed by atoms with Crippen molar-refractivity contribution in [2.24, 2.45) is 0 Å². The van der Waals surface area contributed by atoms with Gasteiger partial charge in [-0.2, -0.15) is 0 Å². The first-order valence-corrected chi connectivity index (χ1v) is 13.8. The van der Waals surface area contributed by atoms with Crippen LogP contribution in [0.25, 0.3) is 10.9 Å². The van der Waals surface area contributed by atoms with Crippen LogP contribution in [0.3, 0.4) is 0 Å². The highest BCUT2D eigenvalue weighted by Crippen LogP contribution is 2.37. The minimum absolute atomic E-state index is 0.0658. The number of para-hydroxylation sites is 1. The largest absolute Gasteiger partial charge is 0.489 e. The van der Waals surface area contributed by atoms with Crippen molar-refractivity contribution < 1.29 is 19.5 Å². The molecule has 8 heteroatoms. The van der Waals surface area contributed by atoms with E-state index in [4.69, 9.17) is 4.74 Å². The number of carbonyl (C=O) groups excluding carboxylic acids is 2. The second-order valence-electron chi connectivity index (χ2n) is 11.5. The number of hydrogen-bond acceptors (Lipinski definition) is 6. The van der Waals surface area contributed by atoms with Crippen LogP contribution >= 0.6 is 0 Å². The summed E-state index contributed by atoms with van der Waals surface area (Å²) in [5.74, 6) is -0.207. The lowest BCUT2D eigenvalue weighted by molar-refractivity contribution is -0.130. The zero-order chi connectivity index (χ0) is 29.0. The van der Waals surface area contributed by atoms with Crippen molar-refractivity contribution in [3.05, 3.63) is 107 Å². The van der Waals surface area contributed by atoms with Gasteiger partial charge in [-0.25, -0.2) is 5.48 Å². The third-order valence-corrected chi connectivity index (χ3v) is 7.68. The Labute approximate surface area is 240 Å². The molecule has 0 spiro atoms. The number of fused-ring (bicyclic) bond motifs is 1. The molecule has 212 valence electrons. The van der Waals surface area contributed by atoms with Crippen LogP contribution < -0.4 is 20.9 Å². The maximum Gasteiger partial charge on any atom is 0.251 e. The minimum atomic E-state index is -0.918. The molecule has 2 unspecified atom stereocenters. The Morgan fingerprint density at radius 3 is 2.46 bits per heavy atom. The van der Waals surface area contributed by atoms with Crippen molar-refractivity contribution >= 4 is 22.7 Å². The Hall–Kier alpha value is -4.27. The van der Waals surface area contributed by atoms with E-state index in [0.717, 1.165) is 27.7 Å². The van der Waals surface area contributed by atoms with E-state index in [1.54, 1.807) is 29.7 Å². The van der Waals surface area contributed by atoms with E-state index in [2.05, 4.69) is 29.5 Å². The van der Waals surface area contributed by atoms with Crippen LogP contribution in [0.15, 0.2) is 84.9 Å². The molecule has 1 aliphatic heterocycles. The number of aryl methyl sites for hydroxylation is 1. The molecular formula is C33H36N4O4. The van der Waals surface area contributed by atoms with Crippen molar-refractivity contribution in [3.63, 3.8) is 0 Å². The Balaban J connectivity index is 1.33. The lowest BCUT2D eigenvalue weighted by atomic mass is 9.80. The summed E-state index contributed by atoms with van der Waals surface area (Å²) >= 11 is 0. The molecule has 41 heavy (non-hydrogen) atoms. The number of amides is 2. The second kappa shape index (κ2) is 11.7. The van der Waals surface area contributed by atoms with Crippen LogP contribution in [0.5, 0.6) is 5.75 Å². The summed E-state index contributed by atoms with van der Waals surface area (Å²) in [5.41, 5.74) is 4.93. The van der Waals surface area contributed by atoms with Gasteiger partial charge in [-0.15, -0.1) is 0 Å². The zero-order valence-electron chi connectivity index (χ0n) is 23.6. The summed E-state index contributed by atoms with van der Waals surface area (Å²) in [6.07, 6.45) is 1.06. The molecule has 1 aliphatic rings. The average Bonchev–Trinajstić information content (AvgIpc) is 3.20. The van der Waals surface area contributed by atoms with Gasteiger partial charge in [-0.1, -0.05) is 48.5 Å². The predicted molar refractivity (Wildman–Crippen MR) is 158 cm³/mol. The van der Waals surface area contributed by atoms with Crippen LogP contribution in [0.4, 0.5) is 0 Å². The molecule has 1 saturated heterocycles. The lowest BCUT2D eigenvalue weighted by Crippen LogP contribution is -2.58. The fraction of sp³-hybridized carbons (Fsp3) is 0.303. The van der Waals surface area contributed by atoms with Gasteiger partial charge < -0.3 is 15.4 Å². The van der Waals surface area contributed by atoms with Gasteiger partial charge in [0.25, 0.3) is 5.91 Å². The van der Waals surface area contributed by atoms with Crippen molar-refractivity contribution in [3.8, 4) is 5.75 Å². The van der Waals surface area contributed by atoms with Gasteiger partial charge in [0.15, 0.2) is 0 Å². The number of nitrogens with zero attached hydrogens (tertiary/aromatic N) is 1. The fourth-order valence-electron chi connectivity index (χ4n) is 6.03. The number of pyridine rings is 1. The van der Waals surface area contributed by atoms with E-state index in [1.807, 2.05) is 67.6 Å². The van der Waals surface area contributed by atoms with E-state index in [-0.39, 0.29) is 23.9 Å². The molecule has 8 nitrogen and oxygen atoms in total. The maximum atomic E-state index is 13.6. The number of carbonyl (C=O) groups is 2. The number of rotatable bonds is 9. The SMILES string of the molecule is Cc1cc(COc2ccc(C(=O)NC3(CC(=O)NO)CC(C)(C)NC3Cc3ccccc3)cc2)c2ccccc2n1. The first kappa shape index (κ1) is 28.3. The Morgan fingerprint density at radius 2 is 1.73 bits per heavy atom. The van der Waals surface area contributed by atoms with Gasteiger partial charge in [-0.05, 0) is 75.6 Å². The monoisotopic (exact) mass is 552 g/mol. The lowest BCUT2D eigenvalue weighted by Gasteiger charge is -2.36. The van der Waals surface area contributed by atoms with E-state index < -0.39 is 11.4 Å². The first-order valence-electron chi connectivity index (χ1n) is 13.8. The number of benzene rings is 3. The highest BCUT2D eigenvalue weighted by molar-refractivity contribution is 5.95. The molecule has 4 aromatic rings.